The summed E-state index contributed by atoms with van der Waals surface area (Å²) in [6.07, 6.45) is 1.27. The molecule has 0 bridgehead atoms. The van der Waals surface area contributed by atoms with Gasteiger partial charge in [-0.1, -0.05) is 0 Å². The summed E-state index contributed by atoms with van der Waals surface area (Å²) in [7, 11) is -3.88. The van der Waals surface area contributed by atoms with Crippen molar-refractivity contribution in [2.75, 3.05) is 18.0 Å². The van der Waals surface area contributed by atoms with Crippen LogP contribution in [0.15, 0.2) is 23.4 Å². The van der Waals surface area contributed by atoms with Gasteiger partial charge in [-0.3, -0.25) is 4.79 Å². The van der Waals surface area contributed by atoms with Gasteiger partial charge in [0.2, 0.25) is 15.7 Å². The molecule has 3 N–H and O–H groups in total. The minimum atomic E-state index is -3.88. The van der Waals surface area contributed by atoms with Crippen molar-refractivity contribution in [2.45, 2.75) is 5.03 Å². The van der Waals surface area contributed by atoms with E-state index in [0.717, 1.165) is 0 Å². The molecule has 0 saturated carbocycles. The fourth-order valence-electron chi connectivity index (χ4n) is 1.09. The number of nitrogen functional groups attached to an aromatic ring is 1. The number of sulfone groups is 1. The first-order valence-corrected chi connectivity index (χ1v) is 6.19. The third kappa shape index (κ3) is 3.42. The number of aromatic nitrogens is 1. The number of carbonyl (C=O) groups is 1. The van der Waals surface area contributed by atoms with Crippen LogP contribution in [-0.2, 0) is 14.6 Å². The van der Waals surface area contributed by atoms with Crippen LogP contribution in [0.1, 0.15) is 0 Å². The third-order valence-electron chi connectivity index (χ3n) is 1.78. The molecule has 1 rings (SSSR count). The van der Waals surface area contributed by atoms with Crippen molar-refractivity contribution in [2.24, 2.45) is 0 Å². The molecule has 0 aliphatic rings. The minimum Gasteiger partial charge on any atom is -0.396 e. The van der Waals surface area contributed by atoms with Crippen LogP contribution in [0.3, 0.4) is 0 Å². The Morgan fingerprint density at radius 1 is 1.59 bits per heavy atom. The van der Waals surface area contributed by atoms with Gasteiger partial charge >= 0.3 is 0 Å². The van der Waals surface area contributed by atoms with Gasteiger partial charge in [-0.05, 0) is 12.1 Å². The van der Waals surface area contributed by atoms with Crippen LogP contribution in [0.2, 0.25) is 0 Å². The lowest BCUT2D eigenvalue weighted by molar-refractivity contribution is -0.118. The molecule has 0 spiro atoms. The lowest BCUT2D eigenvalue weighted by atomic mass is 10.4. The molecule has 0 unspecified atom stereocenters. The first-order valence-electron chi connectivity index (χ1n) is 4.54. The molecule has 0 aliphatic carbocycles. The number of hydrogen-bond acceptors (Lipinski definition) is 6. The maximum Gasteiger partial charge on any atom is 0.236 e. The second-order valence-electron chi connectivity index (χ2n) is 3.09. The zero-order chi connectivity index (χ0) is 12.9. The fraction of sp³-hybridized carbons (Fsp3) is 0.222. The average molecular weight is 254 g/mol. The molecule has 1 aromatic heterocycles. The van der Waals surface area contributed by atoms with Gasteiger partial charge in [0.05, 0.1) is 11.8 Å². The van der Waals surface area contributed by atoms with Crippen molar-refractivity contribution >= 4 is 21.4 Å². The molecule has 1 amide bonds. The van der Waals surface area contributed by atoms with Crippen LogP contribution < -0.4 is 11.1 Å². The third-order valence-corrected chi connectivity index (χ3v) is 3.35. The molecule has 7 nitrogen and oxygen atoms in total. The summed E-state index contributed by atoms with van der Waals surface area (Å²) in [5.74, 6) is -1.55. The maximum atomic E-state index is 11.7. The summed E-state index contributed by atoms with van der Waals surface area (Å²) in [6, 6.07) is 4.54. The van der Waals surface area contributed by atoms with Gasteiger partial charge in [0.1, 0.15) is 12.3 Å². The number of nitriles is 1. The quantitative estimate of drug-likeness (QED) is 0.669. The summed E-state index contributed by atoms with van der Waals surface area (Å²) >= 11 is 0. The molecule has 0 aliphatic heterocycles. The van der Waals surface area contributed by atoms with Gasteiger partial charge in [-0.15, -0.1) is 0 Å². The molecular weight excluding hydrogens is 244 g/mol. The number of nitrogens with zero attached hydrogens (tertiary/aromatic N) is 2. The van der Waals surface area contributed by atoms with Crippen LogP contribution in [-0.4, -0.2) is 31.6 Å². The van der Waals surface area contributed by atoms with E-state index in [1.807, 2.05) is 0 Å². The second-order valence-corrected chi connectivity index (χ2v) is 5.00. The largest absolute Gasteiger partial charge is 0.396 e. The van der Waals surface area contributed by atoms with Crippen molar-refractivity contribution in [3.05, 3.63) is 18.3 Å². The lowest BCUT2D eigenvalue weighted by Gasteiger charge is -2.05. The smallest absolute Gasteiger partial charge is 0.236 e. The molecule has 0 atom stereocenters. The minimum absolute atomic E-state index is 0.0133. The molecule has 1 aromatic rings. The normalized spacial score (nSPS) is 10.5. The van der Waals surface area contributed by atoms with Crippen molar-refractivity contribution in [3.63, 3.8) is 0 Å². The number of rotatable bonds is 4. The Kier molecular flexibility index (Phi) is 4.01. The lowest BCUT2D eigenvalue weighted by Crippen LogP contribution is -2.31. The molecule has 1 heterocycles. The first-order chi connectivity index (χ1) is 7.97. The van der Waals surface area contributed by atoms with Crippen molar-refractivity contribution in [1.29, 1.82) is 5.26 Å². The maximum absolute atomic E-state index is 11.7. The number of pyridine rings is 1. The number of carbonyl (C=O) groups excluding carboxylic acids is 1. The predicted octanol–water partition coefficient (Wildman–Crippen LogP) is -0.923. The SMILES string of the molecule is N#CCNC(=O)CS(=O)(=O)c1ncccc1N. The standard InChI is InChI=1S/C9H10N4O3S/c10-3-5-12-8(14)6-17(15,16)9-7(11)2-1-4-13-9/h1-2,4H,5-6,11H2,(H,12,14). The summed E-state index contributed by atoms with van der Waals surface area (Å²) in [4.78, 5) is 14.8. The van der Waals surface area contributed by atoms with Crippen LogP contribution >= 0.6 is 0 Å². The van der Waals surface area contributed by atoms with E-state index < -0.39 is 21.5 Å². The van der Waals surface area contributed by atoms with E-state index in [0.29, 0.717) is 0 Å². The zero-order valence-corrected chi connectivity index (χ0v) is 9.57. The molecular formula is C9H10N4O3S. The van der Waals surface area contributed by atoms with Gasteiger partial charge in [0.15, 0.2) is 5.03 Å². The van der Waals surface area contributed by atoms with Gasteiger partial charge < -0.3 is 11.1 Å². The van der Waals surface area contributed by atoms with Crippen LogP contribution in [0, 0.1) is 11.3 Å². The highest BCUT2D eigenvalue weighted by Crippen LogP contribution is 2.15. The molecule has 0 radical (unpaired) electrons. The van der Waals surface area contributed by atoms with Crippen molar-refractivity contribution in [1.82, 2.24) is 10.3 Å². The van der Waals surface area contributed by atoms with Crippen LogP contribution in [0.5, 0.6) is 0 Å². The molecule has 0 fully saturated rings. The Labute approximate surface area is 98.2 Å². The molecule has 0 saturated heterocycles. The Bertz CT molecular complexity index is 562. The predicted molar refractivity (Wildman–Crippen MR) is 59.3 cm³/mol. The highest BCUT2D eigenvalue weighted by atomic mass is 32.2. The summed E-state index contributed by atoms with van der Waals surface area (Å²) in [5, 5.41) is 10.0. The summed E-state index contributed by atoms with van der Waals surface area (Å²) in [5.41, 5.74) is 5.44. The van der Waals surface area contributed by atoms with Crippen molar-refractivity contribution in [3.8, 4) is 6.07 Å². The Balaban J connectivity index is 2.87. The van der Waals surface area contributed by atoms with E-state index in [-0.39, 0.29) is 17.3 Å². The van der Waals surface area contributed by atoms with Crippen molar-refractivity contribution < 1.29 is 13.2 Å². The van der Waals surface area contributed by atoms with Crippen LogP contribution in [0.25, 0.3) is 0 Å². The number of nitrogens with two attached hydrogens (primary N) is 1. The first kappa shape index (κ1) is 12.9. The second kappa shape index (κ2) is 5.27. The fourth-order valence-corrected chi connectivity index (χ4v) is 2.33. The van der Waals surface area contributed by atoms with E-state index in [4.69, 9.17) is 11.0 Å². The van der Waals surface area contributed by atoms with Gasteiger partial charge in [0.25, 0.3) is 0 Å². The molecule has 17 heavy (non-hydrogen) atoms. The van der Waals surface area contributed by atoms with E-state index >= 15 is 0 Å². The van der Waals surface area contributed by atoms with Gasteiger partial charge in [-0.2, -0.15) is 5.26 Å². The zero-order valence-electron chi connectivity index (χ0n) is 8.75. The summed E-state index contributed by atoms with van der Waals surface area (Å²) < 4.78 is 23.5. The summed E-state index contributed by atoms with van der Waals surface area (Å²) in [6.45, 7) is -0.244. The Hall–Kier alpha value is -2.14. The molecule has 8 heteroatoms. The number of nitrogens with one attached hydrogen (secondary N) is 1. The number of hydrogen-bond donors (Lipinski definition) is 2. The monoisotopic (exact) mass is 254 g/mol. The highest BCUT2D eigenvalue weighted by molar-refractivity contribution is 7.92. The Morgan fingerprint density at radius 3 is 2.88 bits per heavy atom. The average Bonchev–Trinajstić information content (AvgIpc) is 2.26. The molecule has 90 valence electrons. The number of anilines is 1. The topological polar surface area (TPSA) is 126 Å². The number of amides is 1. The Morgan fingerprint density at radius 2 is 2.29 bits per heavy atom. The van der Waals surface area contributed by atoms with E-state index in [1.165, 1.54) is 18.3 Å². The van der Waals surface area contributed by atoms with Gasteiger partial charge in [-0.25, -0.2) is 13.4 Å². The van der Waals surface area contributed by atoms with E-state index in [1.54, 1.807) is 6.07 Å². The van der Waals surface area contributed by atoms with E-state index in [9.17, 15) is 13.2 Å². The van der Waals surface area contributed by atoms with E-state index in [2.05, 4.69) is 10.3 Å². The molecule has 0 aromatic carbocycles. The highest BCUT2D eigenvalue weighted by Gasteiger charge is 2.22. The van der Waals surface area contributed by atoms with Crippen LogP contribution in [0.4, 0.5) is 5.69 Å². The van der Waals surface area contributed by atoms with Gasteiger partial charge in [0, 0.05) is 6.20 Å².